The van der Waals surface area contributed by atoms with E-state index in [0.29, 0.717) is 22.9 Å². The zero-order valence-electron chi connectivity index (χ0n) is 15.8. The van der Waals surface area contributed by atoms with Crippen LogP contribution in [0.2, 0.25) is 0 Å². The fourth-order valence-electron chi connectivity index (χ4n) is 3.30. The summed E-state index contributed by atoms with van der Waals surface area (Å²) >= 11 is 1.28. The molecule has 148 valence electrons. The number of hydrogen-bond donors (Lipinski definition) is 1. The average molecular weight is 410 g/mol. The van der Waals surface area contributed by atoms with Crippen LogP contribution in [0, 0.1) is 5.82 Å². The molecule has 8 heteroatoms. The van der Waals surface area contributed by atoms with E-state index in [9.17, 15) is 14.0 Å². The minimum atomic E-state index is -0.335. The Hall–Kier alpha value is -3.26. The lowest BCUT2D eigenvalue weighted by atomic mass is 10.2. The predicted molar refractivity (Wildman–Crippen MR) is 113 cm³/mol. The third-order valence-corrected chi connectivity index (χ3v) is 5.43. The van der Waals surface area contributed by atoms with E-state index in [2.05, 4.69) is 10.3 Å². The first-order valence-electron chi connectivity index (χ1n) is 9.26. The maximum Gasteiger partial charge on any atom is 0.329 e. The van der Waals surface area contributed by atoms with Gasteiger partial charge in [-0.1, -0.05) is 24.3 Å². The largest absolute Gasteiger partial charge is 0.329 e. The van der Waals surface area contributed by atoms with Crippen molar-refractivity contribution in [1.82, 2.24) is 14.1 Å². The van der Waals surface area contributed by atoms with Crippen LogP contribution in [0.5, 0.6) is 0 Å². The number of carbonyl (C=O) groups excluding carboxylic acids is 1. The van der Waals surface area contributed by atoms with Crippen LogP contribution in [0.25, 0.3) is 22.3 Å². The zero-order valence-corrected chi connectivity index (χ0v) is 16.6. The Balaban J connectivity index is 1.46. The quantitative estimate of drug-likeness (QED) is 0.520. The summed E-state index contributed by atoms with van der Waals surface area (Å²) in [5, 5.41) is 4.97. The first kappa shape index (κ1) is 19.1. The van der Waals surface area contributed by atoms with E-state index in [4.69, 9.17) is 0 Å². The van der Waals surface area contributed by atoms with Gasteiger partial charge < -0.3 is 5.32 Å². The van der Waals surface area contributed by atoms with E-state index < -0.39 is 0 Å². The fourth-order valence-corrected chi connectivity index (χ4v) is 4.04. The number of aryl methyl sites for hydroxylation is 2. The number of nitrogens with one attached hydrogen (secondary N) is 1. The number of anilines is 1. The lowest BCUT2D eigenvalue weighted by molar-refractivity contribution is -0.116. The van der Waals surface area contributed by atoms with Crippen LogP contribution >= 0.6 is 11.3 Å². The molecule has 1 N–H and O–H groups in total. The first-order chi connectivity index (χ1) is 14.1. The second kappa shape index (κ2) is 8.00. The molecule has 0 bridgehead atoms. The molecule has 0 saturated heterocycles. The summed E-state index contributed by atoms with van der Waals surface area (Å²) < 4.78 is 16.7. The molecule has 0 aliphatic carbocycles. The third kappa shape index (κ3) is 3.84. The van der Waals surface area contributed by atoms with Gasteiger partial charge in [-0.3, -0.25) is 13.9 Å². The molecule has 2 heterocycles. The SMILES string of the molecule is CCn1c(=O)n(CCC(=O)Nc2nc(-c3cccc(F)c3)cs2)c2ccccc21. The maximum atomic E-state index is 13.4. The highest BCUT2D eigenvalue weighted by Crippen LogP contribution is 2.25. The molecule has 0 atom stereocenters. The molecular formula is C21H19FN4O2S. The molecule has 29 heavy (non-hydrogen) atoms. The molecule has 0 radical (unpaired) electrons. The van der Waals surface area contributed by atoms with E-state index in [1.165, 1.54) is 23.5 Å². The normalized spacial score (nSPS) is 11.1. The molecule has 2 aromatic carbocycles. The van der Waals surface area contributed by atoms with Crippen LogP contribution in [0.3, 0.4) is 0 Å². The Morgan fingerprint density at radius 2 is 1.90 bits per heavy atom. The zero-order chi connectivity index (χ0) is 20.4. The molecule has 6 nitrogen and oxygen atoms in total. The predicted octanol–water partition coefficient (Wildman–Crippen LogP) is 4.11. The molecule has 4 rings (SSSR count). The van der Waals surface area contributed by atoms with Gasteiger partial charge in [0.05, 0.1) is 16.7 Å². The number of aromatic nitrogens is 3. The number of rotatable bonds is 6. The van der Waals surface area contributed by atoms with E-state index >= 15 is 0 Å². The van der Waals surface area contributed by atoms with E-state index in [1.54, 1.807) is 26.6 Å². The third-order valence-electron chi connectivity index (χ3n) is 4.67. The van der Waals surface area contributed by atoms with Crippen LogP contribution in [-0.2, 0) is 17.9 Å². The number of fused-ring (bicyclic) bond motifs is 1. The van der Waals surface area contributed by atoms with Gasteiger partial charge >= 0.3 is 5.69 Å². The molecule has 0 unspecified atom stereocenters. The minimum absolute atomic E-state index is 0.121. The highest BCUT2D eigenvalue weighted by Gasteiger charge is 2.14. The van der Waals surface area contributed by atoms with Crippen molar-refractivity contribution >= 4 is 33.4 Å². The van der Waals surface area contributed by atoms with E-state index in [0.717, 1.165) is 11.0 Å². The molecule has 0 spiro atoms. The van der Waals surface area contributed by atoms with Crippen molar-refractivity contribution in [3.05, 3.63) is 70.2 Å². The van der Waals surface area contributed by atoms with Gasteiger partial charge in [-0.25, -0.2) is 14.2 Å². The topological polar surface area (TPSA) is 68.9 Å². The average Bonchev–Trinajstić information content (AvgIpc) is 3.28. The Kier molecular flexibility index (Phi) is 5.26. The number of para-hydroxylation sites is 2. The molecule has 2 aromatic heterocycles. The summed E-state index contributed by atoms with van der Waals surface area (Å²) in [5.41, 5.74) is 2.81. The number of hydrogen-bond acceptors (Lipinski definition) is 4. The van der Waals surface area contributed by atoms with Crippen molar-refractivity contribution in [1.29, 1.82) is 0 Å². The molecule has 0 aliphatic rings. The molecule has 1 amide bonds. The van der Waals surface area contributed by atoms with Crippen molar-refractivity contribution in [2.24, 2.45) is 0 Å². The van der Waals surface area contributed by atoms with Crippen molar-refractivity contribution in [3.63, 3.8) is 0 Å². The number of nitrogens with zero attached hydrogens (tertiary/aromatic N) is 3. The molecule has 0 saturated carbocycles. The lowest BCUT2D eigenvalue weighted by Crippen LogP contribution is -2.25. The van der Waals surface area contributed by atoms with E-state index in [1.807, 2.05) is 31.2 Å². The standard InChI is InChI=1S/C21H19FN4O2S/c1-2-25-17-8-3-4-9-18(17)26(21(25)28)11-10-19(27)24-20-23-16(13-29-20)14-6-5-7-15(22)12-14/h3-9,12-13H,2,10-11H2,1H3,(H,23,24,27). The Morgan fingerprint density at radius 3 is 2.62 bits per heavy atom. The van der Waals surface area contributed by atoms with Crippen LogP contribution in [0.15, 0.2) is 58.7 Å². The minimum Gasteiger partial charge on any atom is -0.302 e. The van der Waals surface area contributed by atoms with Crippen LogP contribution < -0.4 is 11.0 Å². The van der Waals surface area contributed by atoms with Gasteiger partial charge in [0.25, 0.3) is 0 Å². The Morgan fingerprint density at radius 1 is 1.14 bits per heavy atom. The summed E-state index contributed by atoms with van der Waals surface area (Å²) in [6, 6.07) is 13.7. The highest BCUT2D eigenvalue weighted by atomic mass is 32.1. The number of thiazole rings is 1. The van der Waals surface area contributed by atoms with Crippen molar-refractivity contribution in [2.45, 2.75) is 26.4 Å². The second-order valence-electron chi connectivity index (χ2n) is 6.51. The Bertz CT molecular complexity index is 1240. The summed E-state index contributed by atoms with van der Waals surface area (Å²) in [5.74, 6) is -0.567. The number of benzene rings is 2. The fraction of sp³-hybridized carbons (Fsp3) is 0.190. The first-order valence-corrected chi connectivity index (χ1v) is 10.1. The van der Waals surface area contributed by atoms with Gasteiger partial charge in [0, 0.05) is 30.5 Å². The highest BCUT2D eigenvalue weighted by molar-refractivity contribution is 7.14. The van der Waals surface area contributed by atoms with Crippen LogP contribution in [0.4, 0.5) is 9.52 Å². The molecular weight excluding hydrogens is 391 g/mol. The maximum absolute atomic E-state index is 13.4. The van der Waals surface area contributed by atoms with Crippen molar-refractivity contribution in [3.8, 4) is 11.3 Å². The van der Waals surface area contributed by atoms with Gasteiger partial charge in [0.1, 0.15) is 5.82 Å². The van der Waals surface area contributed by atoms with E-state index in [-0.39, 0.29) is 30.4 Å². The monoisotopic (exact) mass is 410 g/mol. The van der Waals surface area contributed by atoms with Gasteiger partial charge in [0.15, 0.2) is 5.13 Å². The lowest BCUT2D eigenvalue weighted by Gasteiger charge is -2.04. The van der Waals surface area contributed by atoms with Crippen molar-refractivity contribution in [2.75, 3.05) is 5.32 Å². The van der Waals surface area contributed by atoms with Gasteiger partial charge in [0.2, 0.25) is 5.91 Å². The smallest absolute Gasteiger partial charge is 0.302 e. The Labute approximate surface area is 170 Å². The van der Waals surface area contributed by atoms with Gasteiger partial charge in [-0.2, -0.15) is 0 Å². The summed E-state index contributed by atoms with van der Waals surface area (Å²) in [6.45, 7) is 2.77. The number of halogens is 1. The molecule has 0 fully saturated rings. The molecule has 0 aliphatic heterocycles. The number of imidazole rings is 1. The van der Waals surface area contributed by atoms with Gasteiger partial charge in [-0.15, -0.1) is 11.3 Å². The second-order valence-corrected chi connectivity index (χ2v) is 7.37. The van der Waals surface area contributed by atoms with Crippen LogP contribution in [0.1, 0.15) is 13.3 Å². The summed E-state index contributed by atoms with van der Waals surface area (Å²) in [6.07, 6.45) is 0.145. The van der Waals surface area contributed by atoms with Gasteiger partial charge in [-0.05, 0) is 31.2 Å². The van der Waals surface area contributed by atoms with Crippen LogP contribution in [-0.4, -0.2) is 20.0 Å². The number of amides is 1. The van der Waals surface area contributed by atoms with Crippen molar-refractivity contribution < 1.29 is 9.18 Å². The summed E-state index contributed by atoms with van der Waals surface area (Å²) in [4.78, 5) is 29.4. The molecule has 4 aromatic rings. The summed E-state index contributed by atoms with van der Waals surface area (Å²) in [7, 11) is 0. The number of carbonyl (C=O) groups is 1.